The van der Waals surface area contributed by atoms with Crippen molar-refractivity contribution in [3.63, 3.8) is 0 Å². The number of nitrogen functional groups attached to an aromatic ring is 1. The minimum Gasteiger partial charge on any atom is -0.398 e. The van der Waals surface area contributed by atoms with Crippen LogP contribution in [0.2, 0.25) is 0 Å². The molecule has 0 aliphatic carbocycles. The molecule has 0 fully saturated rings. The van der Waals surface area contributed by atoms with Crippen LogP contribution in [0.4, 0.5) is 24.5 Å². The maximum atomic E-state index is 12.7. The van der Waals surface area contributed by atoms with Gasteiger partial charge in [-0.15, -0.1) is 0 Å². The minimum atomic E-state index is -4.47. The van der Waals surface area contributed by atoms with E-state index in [1.54, 1.807) is 4.90 Å². The smallest absolute Gasteiger partial charge is 0.398 e. The van der Waals surface area contributed by atoms with Crippen LogP contribution in [0.1, 0.15) is 19.4 Å². The van der Waals surface area contributed by atoms with Crippen LogP contribution in [0, 0.1) is 0 Å². The van der Waals surface area contributed by atoms with Gasteiger partial charge in [-0.25, -0.2) is 0 Å². The summed E-state index contributed by atoms with van der Waals surface area (Å²) in [6, 6.07) is 3.78. The second kappa shape index (κ2) is 5.48. The zero-order valence-electron chi connectivity index (χ0n) is 10.3. The number of rotatable bonds is 4. The van der Waals surface area contributed by atoms with Crippen molar-refractivity contribution in [2.75, 3.05) is 23.8 Å². The molecule has 3 nitrogen and oxygen atoms in total. The van der Waals surface area contributed by atoms with E-state index in [9.17, 15) is 13.2 Å². The number of anilines is 2. The van der Waals surface area contributed by atoms with Gasteiger partial charge in [0.1, 0.15) is 0 Å². The van der Waals surface area contributed by atoms with E-state index in [0.717, 1.165) is 6.07 Å². The third kappa shape index (κ3) is 3.29. The fraction of sp³-hybridized carbons (Fsp3) is 0.500. The number of halogens is 3. The molecule has 0 aliphatic heterocycles. The van der Waals surface area contributed by atoms with Gasteiger partial charge in [0.2, 0.25) is 0 Å². The molecule has 102 valence electrons. The molecule has 0 aliphatic rings. The van der Waals surface area contributed by atoms with Gasteiger partial charge in [0.05, 0.1) is 12.2 Å². The van der Waals surface area contributed by atoms with Crippen molar-refractivity contribution in [2.45, 2.75) is 26.1 Å². The maximum absolute atomic E-state index is 12.7. The highest BCUT2D eigenvalue weighted by Crippen LogP contribution is 2.36. The van der Waals surface area contributed by atoms with Crippen molar-refractivity contribution >= 4 is 11.4 Å². The monoisotopic (exact) mass is 262 g/mol. The molecule has 3 N–H and O–H groups in total. The lowest BCUT2D eigenvalue weighted by Gasteiger charge is -2.29. The van der Waals surface area contributed by atoms with Gasteiger partial charge in [-0.2, -0.15) is 13.2 Å². The number of nitrogens with two attached hydrogens (primary N) is 1. The van der Waals surface area contributed by atoms with Crippen LogP contribution in [0.3, 0.4) is 0 Å². The number of hydrogen-bond acceptors (Lipinski definition) is 3. The van der Waals surface area contributed by atoms with Crippen LogP contribution in [-0.4, -0.2) is 24.3 Å². The number of benzene rings is 1. The first kappa shape index (κ1) is 14.6. The quantitative estimate of drug-likeness (QED) is 0.820. The molecular formula is C12H17F3N2O. The molecule has 0 saturated heterocycles. The van der Waals surface area contributed by atoms with E-state index in [2.05, 4.69) is 0 Å². The number of hydrogen-bond donors (Lipinski definition) is 2. The van der Waals surface area contributed by atoms with Crippen molar-refractivity contribution in [2.24, 2.45) is 0 Å². The average molecular weight is 262 g/mol. The van der Waals surface area contributed by atoms with E-state index in [-0.39, 0.29) is 24.9 Å². The van der Waals surface area contributed by atoms with Crippen molar-refractivity contribution in [3.8, 4) is 0 Å². The Bertz CT molecular complexity index is 405. The lowest BCUT2D eigenvalue weighted by molar-refractivity contribution is -0.136. The van der Waals surface area contributed by atoms with Crippen LogP contribution in [0.15, 0.2) is 18.2 Å². The number of aliphatic hydroxyl groups is 1. The largest absolute Gasteiger partial charge is 0.418 e. The highest BCUT2D eigenvalue weighted by molar-refractivity contribution is 5.59. The summed E-state index contributed by atoms with van der Waals surface area (Å²) in [6.07, 6.45) is -4.47. The number of aliphatic hydroxyl groups excluding tert-OH is 1. The lowest BCUT2D eigenvalue weighted by Crippen LogP contribution is -2.33. The summed E-state index contributed by atoms with van der Waals surface area (Å²) in [5, 5.41) is 8.94. The summed E-state index contributed by atoms with van der Waals surface area (Å²) < 4.78 is 38.2. The molecule has 18 heavy (non-hydrogen) atoms. The zero-order chi connectivity index (χ0) is 13.9. The van der Waals surface area contributed by atoms with Gasteiger partial charge in [0.15, 0.2) is 0 Å². The van der Waals surface area contributed by atoms with Crippen LogP contribution in [0.5, 0.6) is 0 Å². The topological polar surface area (TPSA) is 49.5 Å². The van der Waals surface area contributed by atoms with E-state index in [4.69, 9.17) is 10.8 Å². The van der Waals surface area contributed by atoms with E-state index >= 15 is 0 Å². The Hall–Kier alpha value is -1.43. The fourth-order valence-corrected chi connectivity index (χ4v) is 1.76. The first-order valence-electron chi connectivity index (χ1n) is 5.61. The predicted molar refractivity (Wildman–Crippen MR) is 65.4 cm³/mol. The Labute approximate surface area is 104 Å². The van der Waals surface area contributed by atoms with Crippen molar-refractivity contribution in [3.05, 3.63) is 23.8 Å². The highest BCUT2D eigenvalue weighted by Gasteiger charge is 2.33. The molecule has 0 amide bonds. The second-order valence-corrected chi connectivity index (χ2v) is 4.28. The second-order valence-electron chi connectivity index (χ2n) is 4.28. The Balaban J connectivity index is 3.18. The standard InChI is InChI=1S/C12H17F3N2O/c1-8(2)17(5-6-18)9-3-4-11(16)10(7-9)12(13,14)15/h3-4,7-8,18H,5-6,16H2,1-2H3. The van der Waals surface area contributed by atoms with Gasteiger partial charge in [-0.3, -0.25) is 0 Å². The molecule has 0 atom stereocenters. The van der Waals surface area contributed by atoms with Gasteiger partial charge in [-0.1, -0.05) is 0 Å². The van der Waals surface area contributed by atoms with Crippen LogP contribution in [-0.2, 0) is 6.18 Å². The lowest BCUT2D eigenvalue weighted by atomic mass is 10.1. The van der Waals surface area contributed by atoms with Crippen LogP contribution >= 0.6 is 0 Å². The molecule has 0 aromatic heterocycles. The Kier molecular flexibility index (Phi) is 4.45. The summed E-state index contributed by atoms with van der Waals surface area (Å²) >= 11 is 0. The molecule has 1 aromatic carbocycles. The molecule has 0 bridgehead atoms. The SMILES string of the molecule is CC(C)N(CCO)c1ccc(N)c(C(F)(F)F)c1. The minimum absolute atomic E-state index is 0.0122. The normalized spacial score (nSPS) is 11.9. The number of alkyl halides is 3. The fourth-order valence-electron chi connectivity index (χ4n) is 1.76. The third-order valence-electron chi connectivity index (χ3n) is 2.64. The van der Waals surface area contributed by atoms with E-state index in [1.165, 1.54) is 12.1 Å². The predicted octanol–water partition coefficient (Wildman–Crippen LogP) is 2.49. The summed E-state index contributed by atoms with van der Waals surface area (Å²) in [5.74, 6) is 0. The van der Waals surface area contributed by atoms with Gasteiger partial charge in [0, 0.05) is 24.0 Å². The van der Waals surface area contributed by atoms with E-state index < -0.39 is 11.7 Å². The average Bonchev–Trinajstić information content (AvgIpc) is 2.25. The third-order valence-corrected chi connectivity index (χ3v) is 2.64. The molecule has 6 heteroatoms. The zero-order valence-corrected chi connectivity index (χ0v) is 10.3. The molecular weight excluding hydrogens is 245 g/mol. The summed E-state index contributed by atoms with van der Waals surface area (Å²) in [7, 11) is 0. The molecule has 1 aromatic rings. The van der Waals surface area contributed by atoms with Gasteiger partial charge in [-0.05, 0) is 32.0 Å². The molecule has 0 spiro atoms. The Morgan fingerprint density at radius 2 is 1.94 bits per heavy atom. The maximum Gasteiger partial charge on any atom is 0.418 e. The highest BCUT2D eigenvalue weighted by atomic mass is 19.4. The van der Waals surface area contributed by atoms with Crippen molar-refractivity contribution in [1.82, 2.24) is 0 Å². The van der Waals surface area contributed by atoms with Crippen LogP contribution in [0.25, 0.3) is 0 Å². The summed E-state index contributed by atoms with van der Waals surface area (Å²) in [5.41, 5.74) is 4.60. The molecule has 0 saturated carbocycles. The molecule has 0 radical (unpaired) electrons. The molecule has 0 unspecified atom stereocenters. The van der Waals surface area contributed by atoms with Crippen molar-refractivity contribution in [1.29, 1.82) is 0 Å². The summed E-state index contributed by atoms with van der Waals surface area (Å²) in [6.45, 7) is 3.85. The van der Waals surface area contributed by atoms with Crippen molar-refractivity contribution < 1.29 is 18.3 Å². The van der Waals surface area contributed by atoms with E-state index in [0.29, 0.717) is 5.69 Å². The Morgan fingerprint density at radius 3 is 2.39 bits per heavy atom. The molecule has 1 rings (SSSR count). The molecule has 0 heterocycles. The van der Waals surface area contributed by atoms with Gasteiger partial charge < -0.3 is 15.7 Å². The van der Waals surface area contributed by atoms with Gasteiger partial charge >= 0.3 is 6.18 Å². The Morgan fingerprint density at radius 1 is 1.33 bits per heavy atom. The number of nitrogens with zero attached hydrogens (tertiary/aromatic N) is 1. The summed E-state index contributed by atoms with van der Waals surface area (Å²) in [4.78, 5) is 1.69. The van der Waals surface area contributed by atoms with Gasteiger partial charge in [0.25, 0.3) is 0 Å². The first-order valence-corrected chi connectivity index (χ1v) is 5.61. The first-order chi connectivity index (χ1) is 8.27. The van der Waals surface area contributed by atoms with E-state index in [1.807, 2.05) is 13.8 Å². The van der Waals surface area contributed by atoms with Crippen LogP contribution < -0.4 is 10.6 Å².